The molecule has 0 saturated carbocycles. The normalized spacial score (nSPS) is 15.9. The molecule has 0 unspecified atom stereocenters. The molecule has 0 atom stereocenters. The molecule has 3 aromatic rings. The van der Waals surface area contributed by atoms with E-state index in [0.29, 0.717) is 29.9 Å². The molecule has 1 aliphatic heterocycles. The predicted octanol–water partition coefficient (Wildman–Crippen LogP) is 2.87. The average molecular weight is 406 g/mol. The van der Waals surface area contributed by atoms with Crippen LogP contribution in [0.3, 0.4) is 0 Å². The summed E-state index contributed by atoms with van der Waals surface area (Å²) in [6.07, 6.45) is 4.65. The lowest BCUT2D eigenvalue weighted by atomic mass is 10.0. The minimum absolute atomic E-state index is 0.00490. The molecule has 1 aliphatic carbocycles. The molecule has 30 heavy (non-hydrogen) atoms. The van der Waals surface area contributed by atoms with Crippen LogP contribution in [0.5, 0.6) is 0 Å². The number of hydrogen-bond acceptors (Lipinski definition) is 7. The monoisotopic (exact) mass is 406 g/mol. The molecule has 0 N–H and O–H groups in total. The first-order chi connectivity index (χ1) is 14.7. The number of esters is 1. The first-order valence-corrected chi connectivity index (χ1v) is 10.2. The molecule has 2 aliphatic rings. The van der Waals surface area contributed by atoms with Crippen LogP contribution in [0, 0.1) is 0 Å². The van der Waals surface area contributed by atoms with Gasteiger partial charge in [0, 0.05) is 36.3 Å². The first-order valence-electron chi connectivity index (χ1n) is 10.2. The van der Waals surface area contributed by atoms with Crippen molar-refractivity contribution >= 4 is 22.8 Å². The van der Waals surface area contributed by atoms with Crippen LogP contribution in [0.4, 0.5) is 5.82 Å². The Balaban J connectivity index is 1.32. The van der Waals surface area contributed by atoms with Gasteiger partial charge < -0.3 is 18.8 Å². The average Bonchev–Trinajstić information content (AvgIpc) is 3.24. The number of hydrogen-bond donors (Lipinski definition) is 0. The molecule has 0 bridgehead atoms. The van der Waals surface area contributed by atoms with E-state index in [0.717, 1.165) is 43.6 Å². The number of aryl methyl sites for hydroxylation is 2. The third-order valence-electron chi connectivity index (χ3n) is 5.72. The highest BCUT2D eigenvalue weighted by Gasteiger charge is 2.17. The molecule has 154 valence electrons. The fraction of sp³-hybridized carbons (Fsp3) is 0.348. The summed E-state index contributed by atoms with van der Waals surface area (Å²) in [6, 6.07) is 8.93. The van der Waals surface area contributed by atoms with Crippen molar-refractivity contribution < 1.29 is 18.7 Å². The van der Waals surface area contributed by atoms with E-state index in [1.807, 2.05) is 12.1 Å². The highest BCUT2D eigenvalue weighted by atomic mass is 16.5. The number of morpholine rings is 1. The number of anilines is 1. The number of benzene rings is 1. The van der Waals surface area contributed by atoms with E-state index in [2.05, 4.69) is 16.0 Å². The molecule has 0 radical (unpaired) electrons. The van der Waals surface area contributed by atoms with Gasteiger partial charge in [0.15, 0.2) is 0 Å². The van der Waals surface area contributed by atoms with Crippen molar-refractivity contribution in [1.29, 1.82) is 0 Å². The van der Waals surface area contributed by atoms with Crippen molar-refractivity contribution in [1.82, 2.24) is 4.98 Å². The maximum Gasteiger partial charge on any atom is 0.340 e. The van der Waals surface area contributed by atoms with Gasteiger partial charge in [-0.1, -0.05) is 0 Å². The number of ether oxygens (including phenoxy) is 2. The van der Waals surface area contributed by atoms with E-state index in [1.165, 1.54) is 23.4 Å². The number of nitrogens with zero attached hydrogens (tertiary/aromatic N) is 2. The van der Waals surface area contributed by atoms with Gasteiger partial charge in [-0.05, 0) is 54.7 Å². The molecule has 7 nitrogen and oxygen atoms in total. The number of fused-ring (bicyclic) bond motifs is 2. The van der Waals surface area contributed by atoms with Gasteiger partial charge in [0.1, 0.15) is 18.0 Å². The number of aromatic nitrogens is 1. The number of pyridine rings is 1. The summed E-state index contributed by atoms with van der Waals surface area (Å²) in [6.45, 7) is 2.92. The SMILES string of the molecule is O=C(OCc1cc(=O)oc2cc3c(cc12)CCC3)c1ccc(N2CCOCC2)nc1. The summed E-state index contributed by atoms with van der Waals surface area (Å²) in [7, 11) is 0. The van der Waals surface area contributed by atoms with Crippen molar-refractivity contribution in [3.63, 3.8) is 0 Å². The quantitative estimate of drug-likeness (QED) is 0.487. The van der Waals surface area contributed by atoms with Gasteiger partial charge in [-0.2, -0.15) is 0 Å². The van der Waals surface area contributed by atoms with Crippen molar-refractivity contribution in [3.05, 3.63) is 69.2 Å². The van der Waals surface area contributed by atoms with E-state index in [9.17, 15) is 9.59 Å². The third-order valence-corrected chi connectivity index (χ3v) is 5.72. The third kappa shape index (κ3) is 3.68. The van der Waals surface area contributed by atoms with Crippen LogP contribution >= 0.6 is 0 Å². The molecule has 2 aromatic heterocycles. The Bertz CT molecular complexity index is 1150. The van der Waals surface area contributed by atoms with Crippen LogP contribution in [0.1, 0.15) is 33.5 Å². The van der Waals surface area contributed by atoms with Crippen LogP contribution in [-0.2, 0) is 28.9 Å². The minimum Gasteiger partial charge on any atom is -0.457 e. The zero-order chi connectivity index (χ0) is 20.5. The molecule has 0 amide bonds. The molecule has 1 saturated heterocycles. The lowest BCUT2D eigenvalue weighted by molar-refractivity contribution is 0.0473. The van der Waals surface area contributed by atoms with Gasteiger partial charge >= 0.3 is 11.6 Å². The minimum atomic E-state index is -0.474. The van der Waals surface area contributed by atoms with Crippen LogP contribution in [-0.4, -0.2) is 37.3 Å². The Morgan fingerprint density at radius 2 is 1.90 bits per heavy atom. The number of carbonyl (C=O) groups excluding carboxylic acids is 1. The summed E-state index contributed by atoms with van der Waals surface area (Å²) < 4.78 is 16.2. The van der Waals surface area contributed by atoms with Crippen molar-refractivity contribution in [2.45, 2.75) is 25.9 Å². The molecule has 1 aromatic carbocycles. The highest BCUT2D eigenvalue weighted by molar-refractivity contribution is 5.89. The second-order valence-electron chi connectivity index (χ2n) is 7.64. The molecule has 5 rings (SSSR count). The van der Waals surface area contributed by atoms with Crippen molar-refractivity contribution in [2.75, 3.05) is 31.2 Å². The van der Waals surface area contributed by atoms with Crippen LogP contribution in [0.2, 0.25) is 0 Å². The van der Waals surface area contributed by atoms with Crippen molar-refractivity contribution in [3.8, 4) is 0 Å². The largest absolute Gasteiger partial charge is 0.457 e. The topological polar surface area (TPSA) is 81.9 Å². The van der Waals surface area contributed by atoms with E-state index in [-0.39, 0.29) is 6.61 Å². The van der Waals surface area contributed by atoms with Crippen LogP contribution in [0.15, 0.2) is 45.7 Å². The summed E-state index contributed by atoms with van der Waals surface area (Å²) >= 11 is 0. The van der Waals surface area contributed by atoms with Gasteiger partial charge in [-0.15, -0.1) is 0 Å². The Kier molecular flexibility index (Phi) is 4.96. The van der Waals surface area contributed by atoms with Crippen LogP contribution < -0.4 is 10.5 Å². The van der Waals surface area contributed by atoms with Gasteiger partial charge in [-0.3, -0.25) is 0 Å². The Morgan fingerprint density at radius 3 is 2.67 bits per heavy atom. The van der Waals surface area contributed by atoms with E-state index in [1.54, 1.807) is 6.07 Å². The summed E-state index contributed by atoms with van der Waals surface area (Å²) in [5.41, 5.74) is 3.63. The van der Waals surface area contributed by atoms with E-state index in [4.69, 9.17) is 13.9 Å². The second-order valence-corrected chi connectivity index (χ2v) is 7.64. The Labute approximate surface area is 173 Å². The number of rotatable bonds is 4. The van der Waals surface area contributed by atoms with E-state index >= 15 is 0 Å². The van der Waals surface area contributed by atoms with E-state index < -0.39 is 11.6 Å². The Hall–Kier alpha value is -3.19. The van der Waals surface area contributed by atoms with Gasteiger partial charge in [0.25, 0.3) is 0 Å². The predicted molar refractivity (Wildman–Crippen MR) is 111 cm³/mol. The molecule has 1 fully saturated rings. The standard InChI is InChI=1S/C23H22N2O5/c26-22-12-18(19-10-15-2-1-3-16(15)11-20(19)30-22)14-29-23(27)17-4-5-21(24-13-17)25-6-8-28-9-7-25/h4-5,10-13H,1-3,6-9,14H2. The smallest absolute Gasteiger partial charge is 0.340 e. The van der Waals surface area contributed by atoms with Gasteiger partial charge in [0.05, 0.1) is 18.8 Å². The zero-order valence-corrected chi connectivity index (χ0v) is 16.6. The molecule has 3 heterocycles. The molecular weight excluding hydrogens is 384 g/mol. The van der Waals surface area contributed by atoms with Gasteiger partial charge in [-0.25, -0.2) is 14.6 Å². The molecular formula is C23H22N2O5. The number of carbonyl (C=O) groups is 1. The first kappa shape index (κ1) is 18.8. The molecule has 7 heteroatoms. The molecule has 0 spiro atoms. The fourth-order valence-electron chi connectivity index (χ4n) is 4.13. The van der Waals surface area contributed by atoms with Crippen LogP contribution in [0.25, 0.3) is 11.0 Å². The summed E-state index contributed by atoms with van der Waals surface area (Å²) in [5.74, 6) is 0.342. The summed E-state index contributed by atoms with van der Waals surface area (Å²) in [5, 5.41) is 0.823. The lowest BCUT2D eigenvalue weighted by Gasteiger charge is -2.27. The van der Waals surface area contributed by atoms with Gasteiger partial charge in [0.2, 0.25) is 0 Å². The highest BCUT2D eigenvalue weighted by Crippen LogP contribution is 2.29. The lowest BCUT2D eigenvalue weighted by Crippen LogP contribution is -2.36. The maximum atomic E-state index is 12.5. The summed E-state index contributed by atoms with van der Waals surface area (Å²) in [4.78, 5) is 31.0. The van der Waals surface area contributed by atoms with Crippen molar-refractivity contribution in [2.24, 2.45) is 0 Å². The zero-order valence-electron chi connectivity index (χ0n) is 16.6. The Morgan fingerprint density at radius 1 is 1.10 bits per heavy atom. The maximum absolute atomic E-state index is 12.5. The fourth-order valence-corrected chi connectivity index (χ4v) is 4.13. The second kappa shape index (κ2) is 7.91.